The van der Waals surface area contributed by atoms with Gasteiger partial charge in [0.25, 0.3) is 0 Å². The van der Waals surface area contributed by atoms with E-state index < -0.39 is 0 Å². The first kappa shape index (κ1) is 18.4. The minimum absolute atomic E-state index is 0. The van der Waals surface area contributed by atoms with Crippen LogP contribution in [0.4, 0.5) is 0 Å². The van der Waals surface area contributed by atoms with Crippen LogP contribution in [0.1, 0.15) is 46.0 Å². The molecule has 0 aromatic heterocycles. The molecule has 0 amide bonds. The Labute approximate surface area is 138 Å². The number of hydrogen-bond acceptors (Lipinski definition) is 0. The fourth-order valence-electron chi connectivity index (χ4n) is 2.50. The van der Waals surface area contributed by atoms with Crippen molar-refractivity contribution in [3.63, 3.8) is 0 Å². The second-order valence-corrected chi connectivity index (χ2v) is 6.82. The predicted molar refractivity (Wildman–Crippen MR) is 65.7 cm³/mol. The van der Waals surface area contributed by atoms with E-state index in [1.165, 1.54) is 55.6 Å². The Bertz CT molecular complexity index is 414. The molecule has 0 aromatic carbocycles. The van der Waals surface area contributed by atoms with Gasteiger partial charge in [0.05, 0.1) is 0 Å². The van der Waals surface area contributed by atoms with Crippen molar-refractivity contribution >= 4 is 0 Å². The zero-order valence-corrected chi connectivity index (χ0v) is 16.1. The largest absolute Gasteiger partial charge is 1.00 e. The molecule has 3 heteroatoms. The summed E-state index contributed by atoms with van der Waals surface area (Å²) in [5, 5.41) is 0. The first-order chi connectivity index (χ1) is 7.74. The molecule has 0 unspecified atom stereocenters. The Morgan fingerprint density at radius 1 is 1.22 bits per heavy atom. The minimum Gasteiger partial charge on any atom is -1.00 e. The van der Waals surface area contributed by atoms with E-state index in [0.717, 1.165) is 6.42 Å². The van der Waals surface area contributed by atoms with Crippen molar-refractivity contribution in [3.8, 4) is 0 Å². The fraction of sp³-hybridized carbons (Fsp3) is 0.467. The van der Waals surface area contributed by atoms with Gasteiger partial charge in [0.2, 0.25) is 0 Å². The maximum atomic E-state index is 2.47. The normalized spacial score (nSPS) is 17.9. The van der Waals surface area contributed by atoms with Crippen molar-refractivity contribution in [2.75, 3.05) is 0 Å². The number of rotatable bonds is 4. The van der Waals surface area contributed by atoms with Gasteiger partial charge in [0, 0.05) is 0 Å². The van der Waals surface area contributed by atoms with Crippen molar-refractivity contribution in [1.82, 2.24) is 0 Å². The minimum atomic E-state index is 0. The van der Waals surface area contributed by atoms with E-state index >= 15 is 0 Å². The predicted octanol–water partition coefficient (Wildman–Crippen LogP) is -1.41. The van der Waals surface area contributed by atoms with E-state index in [0.29, 0.717) is 0 Å². The number of allylic oxidation sites excluding steroid dienone is 8. The van der Waals surface area contributed by atoms with Gasteiger partial charge in [-0.15, -0.1) is 0 Å². The van der Waals surface area contributed by atoms with Crippen molar-refractivity contribution < 1.29 is 49.2 Å². The summed E-state index contributed by atoms with van der Waals surface area (Å²) in [5.74, 6) is 0. The van der Waals surface area contributed by atoms with Gasteiger partial charge in [-0.1, -0.05) is 0 Å². The van der Waals surface area contributed by atoms with Crippen LogP contribution in [0.2, 0.25) is 0 Å². The SMILES string of the molecule is CCCCC1=[C]([Hf+2])CC=C1C1=C(C)C=CC1.[Cl-].[Cl-]. The summed E-state index contributed by atoms with van der Waals surface area (Å²) in [6.07, 6.45) is 13.4. The summed E-state index contributed by atoms with van der Waals surface area (Å²) in [6.45, 7) is 4.54. The molecule has 97 valence electrons. The first-order valence-corrected chi connectivity index (χ1v) is 8.04. The molecule has 0 saturated carbocycles. The molecule has 0 aromatic rings. The van der Waals surface area contributed by atoms with Crippen molar-refractivity contribution in [1.29, 1.82) is 0 Å². The quantitative estimate of drug-likeness (QED) is 0.464. The molecule has 0 heterocycles. The maximum Gasteiger partial charge on any atom is -1.00 e. The van der Waals surface area contributed by atoms with Gasteiger partial charge < -0.3 is 24.8 Å². The van der Waals surface area contributed by atoms with Crippen LogP contribution in [0.25, 0.3) is 0 Å². The number of hydrogen-bond donors (Lipinski definition) is 0. The van der Waals surface area contributed by atoms with E-state index in [2.05, 4.69) is 32.1 Å². The standard InChI is InChI=1S/C15H19.2ClH.Hf/c1-3-4-8-13-9-6-11-15(13)14-10-5-7-12(14)2;;;/h5,7,11H,3-4,6,8,10H2,1-2H3;2*1H;/q;;;+2/p-2. The second-order valence-electron chi connectivity index (χ2n) is 4.65. The van der Waals surface area contributed by atoms with Crippen molar-refractivity contribution in [2.24, 2.45) is 0 Å². The molecule has 0 spiro atoms. The van der Waals surface area contributed by atoms with Crippen LogP contribution >= 0.6 is 0 Å². The topological polar surface area (TPSA) is 0 Å². The molecule has 0 radical (unpaired) electrons. The number of unbranched alkanes of at least 4 members (excludes halogenated alkanes) is 1. The summed E-state index contributed by atoms with van der Waals surface area (Å²) in [7, 11) is 0. The summed E-state index contributed by atoms with van der Waals surface area (Å²) in [4.78, 5) is 0. The number of halogens is 2. The first-order valence-electron chi connectivity index (χ1n) is 6.24. The van der Waals surface area contributed by atoms with Gasteiger partial charge in [-0.05, 0) is 0 Å². The Morgan fingerprint density at radius 2 is 1.94 bits per heavy atom. The molecule has 0 aliphatic heterocycles. The van der Waals surface area contributed by atoms with E-state index in [-0.39, 0.29) is 24.8 Å². The smallest absolute Gasteiger partial charge is 1.00 e. The average molecular weight is 449 g/mol. The third-order valence-electron chi connectivity index (χ3n) is 3.47. The van der Waals surface area contributed by atoms with Crippen LogP contribution in [-0.4, -0.2) is 0 Å². The maximum absolute atomic E-state index is 2.47. The van der Waals surface area contributed by atoms with Gasteiger partial charge in [-0.2, -0.15) is 0 Å². The van der Waals surface area contributed by atoms with E-state index in [9.17, 15) is 0 Å². The van der Waals surface area contributed by atoms with Crippen molar-refractivity contribution in [3.05, 3.63) is 43.9 Å². The molecule has 0 N–H and O–H groups in total. The van der Waals surface area contributed by atoms with Gasteiger partial charge in [0.1, 0.15) is 0 Å². The fourth-order valence-corrected chi connectivity index (χ4v) is 3.79. The zero-order chi connectivity index (χ0) is 11.5. The summed E-state index contributed by atoms with van der Waals surface area (Å²) < 4.78 is 1.73. The third kappa shape index (κ3) is 3.95. The molecule has 0 atom stereocenters. The van der Waals surface area contributed by atoms with Crippen LogP contribution in [0.15, 0.2) is 43.9 Å². The van der Waals surface area contributed by atoms with Gasteiger partial charge in [-0.25, -0.2) is 0 Å². The van der Waals surface area contributed by atoms with E-state index in [1.807, 2.05) is 0 Å². The Kier molecular flexibility index (Phi) is 8.75. The average Bonchev–Trinajstić information content (AvgIpc) is 2.82. The third-order valence-corrected chi connectivity index (χ3v) is 5.29. The molecule has 18 heavy (non-hydrogen) atoms. The molecular weight excluding hydrogens is 430 g/mol. The summed E-state index contributed by atoms with van der Waals surface area (Å²) in [5.41, 5.74) is 6.38. The molecule has 2 aliphatic rings. The molecule has 0 bridgehead atoms. The van der Waals surface area contributed by atoms with E-state index in [1.54, 1.807) is 20.0 Å². The van der Waals surface area contributed by atoms with E-state index in [4.69, 9.17) is 0 Å². The van der Waals surface area contributed by atoms with Crippen LogP contribution in [0.3, 0.4) is 0 Å². The summed E-state index contributed by atoms with van der Waals surface area (Å²) >= 11 is 1.24. The molecule has 0 fully saturated rings. The Balaban J connectivity index is 0.00000144. The van der Waals surface area contributed by atoms with Gasteiger partial charge in [0.15, 0.2) is 0 Å². The summed E-state index contributed by atoms with van der Waals surface area (Å²) in [6, 6.07) is 0. The second kappa shape index (κ2) is 8.55. The molecule has 2 rings (SSSR count). The molecular formula is C15H19Cl2Hf. The van der Waals surface area contributed by atoms with Crippen LogP contribution in [0.5, 0.6) is 0 Å². The molecule has 0 saturated heterocycles. The Morgan fingerprint density at radius 3 is 2.50 bits per heavy atom. The van der Waals surface area contributed by atoms with Crippen LogP contribution < -0.4 is 24.8 Å². The van der Waals surface area contributed by atoms with Crippen molar-refractivity contribution in [2.45, 2.75) is 46.0 Å². The monoisotopic (exact) mass is 449 g/mol. The van der Waals surface area contributed by atoms with Gasteiger partial charge in [-0.3, -0.25) is 0 Å². The molecule has 2 aliphatic carbocycles. The Hall–Kier alpha value is 0.410. The van der Waals surface area contributed by atoms with Crippen LogP contribution in [-0.2, 0) is 24.4 Å². The zero-order valence-electron chi connectivity index (χ0n) is 11.0. The van der Waals surface area contributed by atoms with Gasteiger partial charge >= 0.3 is 114 Å². The molecule has 0 nitrogen and oxygen atoms in total. The van der Waals surface area contributed by atoms with Crippen LogP contribution in [0, 0.1) is 0 Å².